The highest BCUT2D eigenvalue weighted by molar-refractivity contribution is 5.98. The smallest absolute Gasteiger partial charge is 0.323 e. The van der Waals surface area contributed by atoms with E-state index < -0.39 is 0 Å². The summed E-state index contributed by atoms with van der Waals surface area (Å²) in [5, 5.41) is 2.81. The van der Waals surface area contributed by atoms with Gasteiger partial charge in [-0.05, 0) is 31.2 Å². The molecule has 9 heteroatoms. The summed E-state index contributed by atoms with van der Waals surface area (Å²) >= 11 is 0. The quantitative estimate of drug-likeness (QED) is 0.613. The molecule has 3 aromatic rings. The van der Waals surface area contributed by atoms with Crippen molar-refractivity contribution < 1.29 is 14.3 Å². The number of pyridine rings is 1. The number of aromatic amines is 2. The summed E-state index contributed by atoms with van der Waals surface area (Å²) in [6, 6.07) is 6.62. The number of nitrogens with one attached hydrogen (secondary N) is 3. The van der Waals surface area contributed by atoms with Crippen LogP contribution in [0.15, 0.2) is 29.1 Å². The molecule has 3 heterocycles. The number of fused-ring (bicyclic) bond motifs is 2. The van der Waals surface area contributed by atoms with Crippen molar-refractivity contribution in [1.29, 1.82) is 0 Å². The highest BCUT2D eigenvalue weighted by Gasteiger charge is 2.29. The number of hydrogen-bond acceptors (Lipinski definition) is 5. The maximum absolute atomic E-state index is 12.5. The van der Waals surface area contributed by atoms with Gasteiger partial charge in [0.25, 0.3) is 11.8 Å². The maximum atomic E-state index is 12.5. The maximum Gasteiger partial charge on any atom is 0.323 e. The van der Waals surface area contributed by atoms with E-state index in [2.05, 4.69) is 20.3 Å². The third-order valence-corrected chi connectivity index (χ3v) is 4.79. The molecule has 1 aliphatic heterocycles. The first-order valence-corrected chi connectivity index (χ1v) is 8.86. The standard InChI is InChI=1S/C19H19N5O4/c1-3-24-9-15-12(18(24)26)6-11(17(21-15)28-2)8-20-16(25)10-4-5-13-14(7-10)23-19(27)22-13/h4-7H,3,8-9H2,1-2H3,(H,20,25)(H2,22,23,27). The number of H-pyrrole nitrogens is 2. The van der Waals surface area contributed by atoms with Crippen LogP contribution < -0.4 is 15.7 Å². The van der Waals surface area contributed by atoms with Crippen LogP contribution in [0.3, 0.4) is 0 Å². The first kappa shape index (κ1) is 17.8. The molecule has 0 radical (unpaired) electrons. The Balaban J connectivity index is 1.55. The lowest BCUT2D eigenvalue weighted by molar-refractivity contribution is 0.0786. The Bertz CT molecular complexity index is 1150. The van der Waals surface area contributed by atoms with Crippen molar-refractivity contribution in [3.63, 3.8) is 0 Å². The minimum atomic E-state index is -0.327. The molecule has 0 saturated carbocycles. The van der Waals surface area contributed by atoms with E-state index in [1.54, 1.807) is 29.2 Å². The average Bonchev–Trinajstić information content (AvgIpc) is 3.22. The van der Waals surface area contributed by atoms with E-state index in [9.17, 15) is 14.4 Å². The third kappa shape index (κ3) is 3.00. The molecule has 0 atom stereocenters. The first-order chi connectivity index (χ1) is 13.5. The Kier molecular flexibility index (Phi) is 4.34. The van der Waals surface area contributed by atoms with Gasteiger partial charge in [0.2, 0.25) is 5.88 Å². The van der Waals surface area contributed by atoms with E-state index in [1.165, 1.54) is 7.11 Å². The predicted octanol–water partition coefficient (Wildman–Crippen LogP) is 1.17. The van der Waals surface area contributed by atoms with Crippen molar-refractivity contribution in [2.45, 2.75) is 20.0 Å². The molecule has 1 aliphatic rings. The van der Waals surface area contributed by atoms with Gasteiger partial charge < -0.3 is 24.9 Å². The number of hydrogen-bond donors (Lipinski definition) is 3. The fourth-order valence-electron chi connectivity index (χ4n) is 3.31. The molecule has 0 spiro atoms. The van der Waals surface area contributed by atoms with Crippen LogP contribution >= 0.6 is 0 Å². The van der Waals surface area contributed by atoms with Crippen LogP contribution in [0.4, 0.5) is 0 Å². The van der Waals surface area contributed by atoms with Crippen molar-refractivity contribution in [1.82, 2.24) is 25.2 Å². The third-order valence-electron chi connectivity index (χ3n) is 4.79. The first-order valence-electron chi connectivity index (χ1n) is 8.86. The second kappa shape index (κ2) is 6.84. The number of rotatable bonds is 5. The van der Waals surface area contributed by atoms with E-state index >= 15 is 0 Å². The normalized spacial score (nSPS) is 13.1. The van der Waals surface area contributed by atoms with Gasteiger partial charge in [0.15, 0.2) is 0 Å². The SMILES string of the molecule is CCN1Cc2nc(OC)c(CNC(=O)c3ccc4[nH]c(=O)[nH]c4c3)cc2C1=O. The summed E-state index contributed by atoms with van der Waals surface area (Å²) in [7, 11) is 1.50. The summed E-state index contributed by atoms with van der Waals surface area (Å²) in [6.45, 7) is 3.13. The van der Waals surface area contributed by atoms with Crippen LogP contribution in [0.25, 0.3) is 11.0 Å². The van der Waals surface area contributed by atoms with Crippen LogP contribution in [0.2, 0.25) is 0 Å². The van der Waals surface area contributed by atoms with Crippen molar-refractivity contribution in [2.24, 2.45) is 0 Å². The van der Waals surface area contributed by atoms with E-state index in [0.717, 1.165) is 0 Å². The van der Waals surface area contributed by atoms with Crippen LogP contribution in [-0.2, 0) is 13.1 Å². The van der Waals surface area contributed by atoms with Crippen LogP contribution in [0, 0.1) is 0 Å². The molecular weight excluding hydrogens is 362 g/mol. The molecule has 0 bridgehead atoms. The van der Waals surface area contributed by atoms with Gasteiger partial charge in [0.05, 0.1) is 35.9 Å². The van der Waals surface area contributed by atoms with Gasteiger partial charge >= 0.3 is 5.69 Å². The Morgan fingerprint density at radius 3 is 2.79 bits per heavy atom. The zero-order valence-corrected chi connectivity index (χ0v) is 15.5. The number of amides is 2. The number of aromatic nitrogens is 3. The zero-order chi connectivity index (χ0) is 19.8. The highest BCUT2D eigenvalue weighted by atomic mass is 16.5. The molecule has 0 saturated heterocycles. The Morgan fingerprint density at radius 2 is 2.04 bits per heavy atom. The van der Waals surface area contributed by atoms with Gasteiger partial charge in [0, 0.05) is 24.2 Å². The lowest BCUT2D eigenvalue weighted by atomic mass is 10.1. The topological polar surface area (TPSA) is 120 Å². The van der Waals surface area contributed by atoms with Gasteiger partial charge in [-0.2, -0.15) is 0 Å². The second-order valence-electron chi connectivity index (χ2n) is 6.49. The van der Waals surface area contributed by atoms with Gasteiger partial charge in [-0.25, -0.2) is 9.78 Å². The van der Waals surface area contributed by atoms with Gasteiger partial charge in [-0.15, -0.1) is 0 Å². The minimum absolute atomic E-state index is 0.0675. The van der Waals surface area contributed by atoms with Crippen molar-refractivity contribution in [3.05, 3.63) is 57.1 Å². The number of benzene rings is 1. The van der Waals surface area contributed by atoms with Gasteiger partial charge in [-0.1, -0.05) is 0 Å². The van der Waals surface area contributed by atoms with Gasteiger partial charge in [0.1, 0.15) is 0 Å². The monoisotopic (exact) mass is 381 g/mol. The summed E-state index contributed by atoms with van der Waals surface area (Å²) in [5.41, 5.74) is 3.11. The number of imidazole rings is 1. The van der Waals surface area contributed by atoms with Crippen LogP contribution in [-0.4, -0.2) is 45.3 Å². The lowest BCUT2D eigenvalue weighted by Crippen LogP contribution is -2.24. The zero-order valence-electron chi connectivity index (χ0n) is 15.5. The highest BCUT2D eigenvalue weighted by Crippen LogP contribution is 2.27. The molecule has 144 valence electrons. The molecule has 3 N–H and O–H groups in total. The predicted molar refractivity (Wildman–Crippen MR) is 101 cm³/mol. The summed E-state index contributed by atoms with van der Waals surface area (Å²) < 4.78 is 5.34. The van der Waals surface area contributed by atoms with E-state index in [1.807, 2.05) is 6.92 Å². The lowest BCUT2D eigenvalue weighted by Gasteiger charge is -2.11. The molecule has 28 heavy (non-hydrogen) atoms. The van der Waals surface area contributed by atoms with E-state index in [-0.39, 0.29) is 24.0 Å². The molecule has 1 aromatic carbocycles. The number of methoxy groups -OCH3 is 1. The number of carbonyl (C=O) groups excluding carboxylic acids is 2. The van der Waals surface area contributed by atoms with Gasteiger partial charge in [-0.3, -0.25) is 9.59 Å². The fourth-order valence-corrected chi connectivity index (χ4v) is 3.31. The summed E-state index contributed by atoms with van der Waals surface area (Å²) in [4.78, 5) is 47.6. The summed E-state index contributed by atoms with van der Waals surface area (Å²) in [6.07, 6.45) is 0. The molecule has 0 fully saturated rings. The molecule has 2 aromatic heterocycles. The number of nitrogens with zero attached hydrogens (tertiary/aromatic N) is 2. The molecule has 4 rings (SSSR count). The molecule has 0 unspecified atom stereocenters. The van der Waals surface area contributed by atoms with Crippen LogP contribution in [0.1, 0.15) is 38.9 Å². The summed E-state index contributed by atoms with van der Waals surface area (Å²) in [5.74, 6) is 0.00493. The van der Waals surface area contributed by atoms with Crippen molar-refractivity contribution in [3.8, 4) is 5.88 Å². The van der Waals surface area contributed by atoms with Crippen LogP contribution in [0.5, 0.6) is 5.88 Å². The molecule has 0 aliphatic carbocycles. The molecule has 2 amide bonds. The Hall–Kier alpha value is -3.62. The fraction of sp³-hybridized carbons (Fsp3) is 0.263. The molecule has 9 nitrogen and oxygen atoms in total. The van der Waals surface area contributed by atoms with E-state index in [0.29, 0.717) is 52.4 Å². The number of carbonyl (C=O) groups is 2. The molecular formula is C19H19N5O4. The average molecular weight is 381 g/mol. The largest absolute Gasteiger partial charge is 0.481 e. The van der Waals surface area contributed by atoms with Crippen molar-refractivity contribution in [2.75, 3.05) is 13.7 Å². The Labute approximate surface area is 159 Å². The Morgan fingerprint density at radius 1 is 1.25 bits per heavy atom. The van der Waals surface area contributed by atoms with E-state index in [4.69, 9.17) is 4.74 Å². The number of ether oxygens (including phenoxy) is 1. The van der Waals surface area contributed by atoms with Crippen molar-refractivity contribution >= 4 is 22.8 Å². The minimum Gasteiger partial charge on any atom is -0.481 e. The second-order valence-corrected chi connectivity index (χ2v) is 6.49.